The molecule has 1 heterocycles. The van der Waals surface area contributed by atoms with Crippen LogP contribution in [0, 0.1) is 11.3 Å². The first kappa shape index (κ1) is 15.1. The molecule has 1 atom stereocenters. The summed E-state index contributed by atoms with van der Waals surface area (Å²) in [5, 5.41) is 13.8. The Morgan fingerprint density at radius 2 is 1.88 bits per heavy atom. The SMILES string of the molecule is N#CC1(c2ccc(-n3ncc(=O)[nH]c3=O)cc2)CCc2ccccc21. The molecule has 3 aromatic rings. The van der Waals surface area contributed by atoms with Gasteiger partial charge in [-0.15, -0.1) is 0 Å². The summed E-state index contributed by atoms with van der Waals surface area (Å²) in [6.07, 6.45) is 2.66. The van der Waals surface area contributed by atoms with Crippen molar-refractivity contribution in [3.8, 4) is 11.8 Å². The van der Waals surface area contributed by atoms with E-state index in [1.54, 1.807) is 12.1 Å². The lowest BCUT2D eigenvalue weighted by Gasteiger charge is -2.23. The highest BCUT2D eigenvalue weighted by Crippen LogP contribution is 2.43. The highest BCUT2D eigenvalue weighted by molar-refractivity contribution is 5.54. The van der Waals surface area contributed by atoms with Crippen molar-refractivity contribution in [3.63, 3.8) is 0 Å². The van der Waals surface area contributed by atoms with Gasteiger partial charge in [0, 0.05) is 0 Å². The van der Waals surface area contributed by atoms with E-state index in [0.29, 0.717) is 5.69 Å². The van der Waals surface area contributed by atoms with Crippen LogP contribution in [-0.4, -0.2) is 14.8 Å². The molecular weight excluding hydrogens is 316 g/mol. The van der Waals surface area contributed by atoms with E-state index in [-0.39, 0.29) is 0 Å². The minimum atomic E-state index is -0.668. The number of hydrogen-bond donors (Lipinski definition) is 1. The van der Waals surface area contributed by atoms with Gasteiger partial charge in [-0.3, -0.25) is 9.78 Å². The molecule has 0 aliphatic heterocycles. The van der Waals surface area contributed by atoms with Crippen molar-refractivity contribution >= 4 is 0 Å². The molecule has 122 valence electrons. The molecular formula is C19H14N4O2. The zero-order valence-corrected chi connectivity index (χ0v) is 13.3. The Morgan fingerprint density at radius 1 is 1.12 bits per heavy atom. The Hall–Kier alpha value is -3.46. The van der Waals surface area contributed by atoms with E-state index in [0.717, 1.165) is 34.8 Å². The van der Waals surface area contributed by atoms with Crippen LogP contribution in [-0.2, 0) is 11.8 Å². The van der Waals surface area contributed by atoms with Gasteiger partial charge < -0.3 is 0 Å². The number of aromatic amines is 1. The lowest BCUT2D eigenvalue weighted by molar-refractivity contribution is 0.647. The summed E-state index contributed by atoms with van der Waals surface area (Å²) in [7, 11) is 0. The van der Waals surface area contributed by atoms with E-state index in [1.807, 2.05) is 30.3 Å². The Morgan fingerprint density at radius 3 is 2.60 bits per heavy atom. The highest BCUT2D eigenvalue weighted by atomic mass is 16.2. The van der Waals surface area contributed by atoms with Crippen LogP contribution in [0.15, 0.2) is 64.3 Å². The van der Waals surface area contributed by atoms with Gasteiger partial charge >= 0.3 is 5.69 Å². The monoisotopic (exact) mass is 330 g/mol. The average molecular weight is 330 g/mol. The second-order valence-corrected chi connectivity index (χ2v) is 6.07. The molecule has 0 radical (unpaired) electrons. The fraction of sp³-hybridized carbons (Fsp3) is 0.158. The van der Waals surface area contributed by atoms with Gasteiger partial charge in [0.05, 0.1) is 11.8 Å². The molecule has 6 heteroatoms. The van der Waals surface area contributed by atoms with Gasteiger partial charge in [-0.1, -0.05) is 36.4 Å². The number of H-pyrrole nitrogens is 1. The molecule has 1 aromatic heterocycles. The molecule has 0 fully saturated rings. The van der Waals surface area contributed by atoms with Gasteiger partial charge in [0.25, 0.3) is 5.56 Å². The molecule has 0 saturated carbocycles. The topological polar surface area (TPSA) is 91.5 Å². The standard InChI is InChI=1S/C19H14N4O2/c20-12-19(10-9-13-3-1-2-4-16(13)19)14-5-7-15(8-6-14)23-18(25)22-17(24)11-21-23/h1-8,11H,9-10H2,(H,22,24,25). The van der Waals surface area contributed by atoms with Crippen molar-refractivity contribution in [1.82, 2.24) is 14.8 Å². The van der Waals surface area contributed by atoms with Crippen LogP contribution in [0.1, 0.15) is 23.1 Å². The molecule has 2 aromatic carbocycles. The van der Waals surface area contributed by atoms with Gasteiger partial charge in [0.1, 0.15) is 11.6 Å². The van der Waals surface area contributed by atoms with Crippen LogP contribution in [0.3, 0.4) is 0 Å². The summed E-state index contributed by atoms with van der Waals surface area (Å²) in [6, 6.07) is 17.7. The number of rotatable bonds is 2. The van der Waals surface area contributed by atoms with Gasteiger partial charge in [-0.25, -0.2) is 4.79 Å². The first-order valence-electron chi connectivity index (χ1n) is 7.93. The van der Waals surface area contributed by atoms with Crippen molar-refractivity contribution in [2.75, 3.05) is 0 Å². The van der Waals surface area contributed by atoms with Crippen molar-refractivity contribution in [2.45, 2.75) is 18.3 Å². The van der Waals surface area contributed by atoms with Crippen LogP contribution >= 0.6 is 0 Å². The van der Waals surface area contributed by atoms with E-state index in [9.17, 15) is 14.9 Å². The first-order valence-corrected chi connectivity index (χ1v) is 7.93. The summed E-state index contributed by atoms with van der Waals surface area (Å²) in [5.41, 5.74) is 1.87. The number of nitriles is 1. The minimum Gasteiger partial charge on any atom is -0.271 e. The molecule has 4 rings (SSSR count). The van der Waals surface area contributed by atoms with Crippen molar-refractivity contribution in [2.24, 2.45) is 0 Å². The second kappa shape index (κ2) is 5.56. The fourth-order valence-corrected chi connectivity index (χ4v) is 3.52. The zero-order chi connectivity index (χ0) is 17.4. The predicted octanol–water partition coefficient (Wildman–Crippen LogP) is 1.68. The minimum absolute atomic E-state index is 0.532. The van der Waals surface area contributed by atoms with Gasteiger partial charge in [0.15, 0.2) is 0 Å². The van der Waals surface area contributed by atoms with Gasteiger partial charge in [-0.05, 0) is 41.7 Å². The maximum Gasteiger partial charge on any atom is 0.349 e. The Kier molecular flexibility index (Phi) is 3.36. The first-order chi connectivity index (χ1) is 12.1. The second-order valence-electron chi connectivity index (χ2n) is 6.07. The predicted molar refractivity (Wildman–Crippen MR) is 91.6 cm³/mol. The third kappa shape index (κ3) is 2.29. The van der Waals surface area contributed by atoms with Crippen LogP contribution in [0.4, 0.5) is 0 Å². The van der Waals surface area contributed by atoms with Crippen molar-refractivity contribution in [3.05, 3.63) is 92.3 Å². The van der Waals surface area contributed by atoms with E-state index in [4.69, 9.17) is 0 Å². The number of aryl methyl sites for hydroxylation is 1. The zero-order valence-electron chi connectivity index (χ0n) is 13.3. The smallest absolute Gasteiger partial charge is 0.271 e. The molecule has 6 nitrogen and oxygen atoms in total. The normalized spacial score (nSPS) is 18.5. The molecule has 25 heavy (non-hydrogen) atoms. The number of benzene rings is 2. The average Bonchev–Trinajstić information content (AvgIpc) is 3.02. The maximum absolute atomic E-state index is 11.9. The molecule has 0 spiro atoms. The summed E-state index contributed by atoms with van der Waals surface area (Å²) in [5.74, 6) is 0. The third-order valence-corrected chi connectivity index (χ3v) is 4.75. The highest BCUT2D eigenvalue weighted by Gasteiger charge is 2.40. The van der Waals surface area contributed by atoms with E-state index >= 15 is 0 Å². The molecule has 1 unspecified atom stereocenters. The molecule has 0 saturated heterocycles. The summed E-state index contributed by atoms with van der Waals surface area (Å²) < 4.78 is 1.12. The number of hydrogen-bond acceptors (Lipinski definition) is 4. The van der Waals surface area contributed by atoms with E-state index < -0.39 is 16.7 Å². The number of nitrogens with one attached hydrogen (secondary N) is 1. The summed E-state index contributed by atoms with van der Waals surface area (Å²) in [4.78, 5) is 25.2. The number of fused-ring (bicyclic) bond motifs is 1. The third-order valence-electron chi connectivity index (χ3n) is 4.75. The lowest BCUT2D eigenvalue weighted by Crippen LogP contribution is -2.30. The molecule has 1 N–H and O–H groups in total. The van der Waals surface area contributed by atoms with E-state index in [2.05, 4.69) is 22.2 Å². The molecule has 1 aliphatic rings. The lowest BCUT2D eigenvalue weighted by atomic mass is 9.77. The van der Waals surface area contributed by atoms with E-state index in [1.165, 1.54) is 5.56 Å². The quantitative estimate of drug-likeness (QED) is 0.774. The molecule has 1 aliphatic carbocycles. The summed E-state index contributed by atoms with van der Waals surface area (Å²) >= 11 is 0. The largest absolute Gasteiger partial charge is 0.349 e. The number of nitrogens with zero attached hydrogens (tertiary/aromatic N) is 3. The van der Waals surface area contributed by atoms with Crippen LogP contribution in [0.2, 0.25) is 0 Å². The Balaban J connectivity index is 1.79. The van der Waals surface area contributed by atoms with Crippen molar-refractivity contribution < 1.29 is 0 Å². The van der Waals surface area contributed by atoms with Crippen LogP contribution in [0.5, 0.6) is 0 Å². The van der Waals surface area contributed by atoms with Crippen molar-refractivity contribution in [1.29, 1.82) is 5.26 Å². The van der Waals surface area contributed by atoms with Crippen LogP contribution < -0.4 is 11.2 Å². The fourth-order valence-electron chi connectivity index (χ4n) is 3.52. The maximum atomic E-state index is 11.9. The summed E-state index contributed by atoms with van der Waals surface area (Å²) in [6.45, 7) is 0. The van der Waals surface area contributed by atoms with Gasteiger partial charge in [-0.2, -0.15) is 15.0 Å². The molecule has 0 bridgehead atoms. The van der Waals surface area contributed by atoms with Gasteiger partial charge in [0.2, 0.25) is 0 Å². The van der Waals surface area contributed by atoms with Crippen LogP contribution in [0.25, 0.3) is 5.69 Å². The molecule has 0 amide bonds. The Bertz CT molecular complexity index is 1110. The number of aromatic nitrogens is 3. The Labute approximate surface area is 143 Å².